The molecule has 0 fully saturated rings. The molecule has 190 valence electrons. The highest BCUT2D eigenvalue weighted by molar-refractivity contribution is 6.30. The van der Waals surface area contributed by atoms with Crippen LogP contribution < -0.4 is 14.8 Å². The van der Waals surface area contributed by atoms with Crippen molar-refractivity contribution in [3.63, 3.8) is 0 Å². The second kappa shape index (κ2) is 11.2. The second-order valence-corrected chi connectivity index (χ2v) is 9.15. The van der Waals surface area contributed by atoms with Crippen molar-refractivity contribution in [2.45, 2.75) is 33.3 Å². The number of rotatable bonds is 9. The normalized spacial score (nSPS) is 10.8. The molecule has 0 saturated carbocycles. The number of furan rings is 1. The van der Waals surface area contributed by atoms with Crippen molar-refractivity contribution in [2.24, 2.45) is 0 Å². The minimum absolute atomic E-state index is 0.0382. The number of nitro groups is 1. The van der Waals surface area contributed by atoms with Crippen molar-refractivity contribution in [3.05, 3.63) is 111 Å². The van der Waals surface area contributed by atoms with Gasteiger partial charge >= 0.3 is 0 Å². The van der Waals surface area contributed by atoms with E-state index in [2.05, 4.69) is 19.2 Å². The Morgan fingerprint density at radius 1 is 1.03 bits per heavy atom. The first kappa shape index (κ1) is 25.8. The summed E-state index contributed by atoms with van der Waals surface area (Å²) in [5.41, 5.74) is 1.91. The quantitative estimate of drug-likeness (QED) is 0.178. The van der Waals surface area contributed by atoms with Gasteiger partial charge in [-0.15, -0.1) is 0 Å². The van der Waals surface area contributed by atoms with E-state index in [4.69, 9.17) is 25.5 Å². The Morgan fingerprint density at radius 2 is 1.78 bits per heavy atom. The monoisotopic (exact) mass is 520 g/mol. The van der Waals surface area contributed by atoms with Crippen LogP contribution in [-0.2, 0) is 6.61 Å². The molecule has 37 heavy (non-hydrogen) atoms. The fraction of sp³-hybridized carbons (Fsp3) is 0.179. The Kier molecular flexibility index (Phi) is 7.79. The lowest BCUT2D eigenvalue weighted by Gasteiger charge is -2.11. The van der Waals surface area contributed by atoms with Gasteiger partial charge in [0.05, 0.1) is 16.7 Å². The molecule has 8 nitrogen and oxygen atoms in total. The summed E-state index contributed by atoms with van der Waals surface area (Å²) in [6, 6.07) is 20.0. The zero-order valence-corrected chi connectivity index (χ0v) is 21.2. The predicted molar refractivity (Wildman–Crippen MR) is 141 cm³/mol. The van der Waals surface area contributed by atoms with E-state index in [9.17, 15) is 14.9 Å². The van der Waals surface area contributed by atoms with E-state index in [1.807, 2.05) is 24.3 Å². The highest BCUT2D eigenvalue weighted by Gasteiger charge is 2.17. The first-order valence-corrected chi connectivity index (χ1v) is 11.9. The highest BCUT2D eigenvalue weighted by Crippen LogP contribution is 2.32. The van der Waals surface area contributed by atoms with Gasteiger partial charge in [-0.05, 0) is 66.4 Å². The number of nitrogens with one attached hydrogen (secondary N) is 1. The Hall–Kier alpha value is -4.30. The highest BCUT2D eigenvalue weighted by atomic mass is 35.5. The summed E-state index contributed by atoms with van der Waals surface area (Å²) >= 11 is 5.99. The number of benzene rings is 3. The van der Waals surface area contributed by atoms with Crippen molar-refractivity contribution >= 4 is 28.9 Å². The molecule has 0 spiro atoms. The van der Waals surface area contributed by atoms with E-state index in [-0.39, 0.29) is 29.5 Å². The lowest BCUT2D eigenvalue weighted by atomic mass is 10.0. The van der Waals surface area contributed by atoms with Crippen LogP contribution in [0.1, 0.15) is 47.2 Å². The minimum Gasteiger partial charge on any atom is -0.486 e. The number of carbonyl (C=O) groups excluding carboxylic acids is 1. The molecule has 0 radical (unpaired) electrons. The van der Waals surface area contributed by atoms with E-state index in [1.165, 1.54) is 29.8 Å². The van der Waals surface area contributed by atoms with Crippen molar-refractivity contribution in [2.75, 3.05) is 5.32 Å². The number of amides is 1. The van der Waals surface area contributed by atoms with Crippen LogP contribution in [0.15, 0.2) is 77.2 Å². The van der Waals surface area contributed by atoms with Gasteiger partial charge in [0.15, 0.2) is 5.76 Å². The molecule has 0 bridgehead atoms. The fourth-order valence-electron chi connectivity index (χ4n) is 3.55. The minimum atomic E-state index is -0.568. The molecule has 4 aromatic rings. The molecule has 1 N–H and O–H groups in total. The van der Waals surface area contributed by atoms with Crippen molar-refractivity contribution in [3.8, 4) is 17.2 Å². The van der Waals surface area contributed by atoms with E-state index >= 15 is 0 Å². The number of anilines is 1. The van der Waals surface area contributed by atoms with Crippen LogP contribution in [0.25, 0.3) is 0 Å². The van der Waals surface area contributed by atoms with E-state index in [0.29, 0.717) is 28.2 Å². The number of halogens is 1. The second-order valence-electron chi connectivity index (χ2n) is 8.72. The topological polar surface area (TPSA) is 104 Å². The van der Waals surface area contributed by atoms with Gasteiger partial charge in [0.1, 0.15) is 29.6 Å². The lowest BCUT2D eigenvalue weighted by molar-refractivity contribution is -0.384. The van der Waals surface area contributed by atoms with Crippen LogP contribution in [-0.4, -0.2) is 10.8 Å². The van der Waals surface area contributed by atoms with E-state index in [0.717, 1.165) is 5.56 Å². The molecule has 1 aromatic heterocycles. The number of hydrogen-bond donors (Lipinski definition) is 1. The predicted octanol–water partition coefficient (Wildman–Crippen LogP) is 7.90. The van der Waals surface area contributed by atoms with Gasteiger partial charge in [0, 0.05) is 17.2 Å². The maximum Gasteiger partial charge on any atom is 0.291 e. The largest absolute Gasteiger partial charge is 0.486 e. The molecule has 9 heteroatoms. The van der Waals surface area contributed by atoms with Crippen LogP contribution in [0.3, 0.4) is 0 Å². The summed E-state index contributed by atoms with van der Waals surface area (Å²) in [5.74, 6) is 1.71. The van der Waals surface area contributed by atoms with Gasteiger partial charge in [-0.2, -0.15) is 0 Å². The van der Waals surface area contributed by atoms with Gasteiger partial charge in [0.25, 0.3) is 11.6 Å². The molecule has 3 aromatic carbocycles. The molecular formula is C28H25ClN2O6. The van der Waals surface area contributed by atoms with Crippen LogP contribution in [0.4, 0.5) is 11.4 Å². The van der Waals surface area contributed by atoms with Crippen molar-refractivity contribution in [1.82, 2.24) is 0 Å². The number of carbonyl (C=O) groups is 1. The Balaban J connectivity index is 1.44. The number of aryl methyl sites for hydroxylation is 1. The molecule has 0 aliphatic rings. The van der Waals surface area contributed by atoms with Gasteiger partial charge in [-0.3, -0.25) is 14.9 Å². The van der Waals surface area contributed by atoms with E-state index < -0.39 is 10.8 Å². The van der Waals surface area contributed by atoms with Crippen LogP contribution in [0, 0.1) is 17.0 Å². The summed E-state index contributed by atoms with van der Waals surface area (Å²) in [5, 5.41) is 14.6. The number of nitrogens with zero attached hydrogens (tertiary/aromatic N) is 1. The first-order valence-electron chi connectivity index (χ1n) is 11.5. The smallest absolute Gasteiger partial charge is 0.291 e. The lowest BCUT2D eigenvalue weighted by Crippen LogP contribution is -2.11. The maximum atomic E-state index is 12.8. The third-order valence-electron chi connectivity index (χ3n) is 5.54. The van der Waals surface area contributed by atoms with E-state index in [1.54, 1.807) is 31.2 Å². The Labute approximate surface area is 218 Å². The fourth-order valence-corrected chi connectivity index (χ4v) is 3.77. The van der Waals surface area contributed by atoms with Gasteiger partial charge in [-0.25, -0.2) is 0 Å². The standard InChI is InChI=1S/C28H25ClN2O6/c1-17(2)19-4-7-23(8-5-19)35-16-24-9-11-27(36-24)28(32)30-21-13-22(31(33)34)15-25(14-21)37-26-10-6-20(29)12-18(26)3/h4-15,17H,16H2,1-3H3,(H,30,32). The molecule has 0 unspecified atom stereocenters. The van der Waals surface area contributed by atoms with Crippen LogP contribution in [0.5, 0.6) is 17.2 Å². The van der Waals surface area contributed by atoms with Crippen molar-refractivity contribution < 1.29 is 23.6 Å². The first-order chi connectivity index (χ1) is 17.7. The molecule has 1 amide bonds. The van der Waals surface area contributed by atoms with Crippen LogP contribution in [0.2, 0.25) is 5.02 Å². The van der Waals surface area contributed by atoms with Crippen molar-refractivity contribution in [1.29, 1.82) is 0 Å². The Bertz CT molecular complexity index is 1430. The van der Waals surface area contributed by atoms with Gasteiger partial charge in [-0.1, -0.05) is 37.6 Å². The van der Waals surface area contributed by atoms with Gasteiger partial charge in [0.2, 0.25) is 0 Å². The molecule has 0 aliphatic heterocycles. The third kappa shape index (κ3) is 6.68. The Morgan fingerprint density at radius 3 is 2.46 bits per heavy atom. The number of ether oxygens (including phenoxy) is 2. The summed E-state index contributed by atoms with van der Waals surface area (Å²) in [6.45, 7) is 6.18. The molecule has 0 atom stereocenters. The van der Waals surface area contributed by atoms with Gasteiger partial charge < -0.3 is 19.2 Å². The summed E-state index contributed by atoms with van der Waals surface area (Å²) in [6.07, 6.45) is 0. The molecule has 0 saturated heterocycles. The number of hydrogen-bond acceptors (Lipinski definition) is 6. The summed E-state index contributed by atoms with van der Waals surface area (Å²) in [7, 11) is 0. The SMILES string of the molecule is Cc1cc(Cl)ccc1Oc1cc(NC(=O)c2ccc(COc3ccc(C(C)C)cc3)o2)cc([N+](=O)[O-])c1. The molecule has 0 aliphatic carbocycles. The zero-order valence-electron chi connectivity index (χ0n) is 20.5. The summed E-state index contributed by atoms with van der Waals surface area (Å²) < 4.78 is 17.2. The third-order valence-corrected chi connectivity index (χ3v) is 5.77. The molecule has 4 rings (SSSR count). The number of non-ortho nitro benzene ring substituents is 1. The maximum absolute atomic E-state index is 12.8. The molecular weight excluding hydrogens is 496 g/mol. The average Bonchev–Trinajstić information content (AvgIpc) is 3.34. The molecule has 1 heterocycles. The van der Waals surface area contributed by atoms with Crippen LogP contribution >= 0.6 is 11.6 Å². The summed E-state index contributed by atoms with van der Waals surface area (Å²) in [4.78, 5) is 23.7. The number of nitro benzene ring substituents is 1. The average molecular weight is 521 g/mol. The zero-order chi connectivity index (χ0) is 26.5.